The molecular weight excluding hydrogens is 296 g/mol. The summed E-state index contributed by atoms with van der Waals surface area (Å²) in [6.07, 6.45) is 4.55. The topological polar surface area (TPSA) is 83.9 Å². The van der Waals surface area contributed by atoms with Crippen molar-refractivity contribution in [1.82, 2.24) is 9.99 Å². The number of carbonyl (C=O) groups excluding carboxylic acids is 2. The average molecular weight is 316 g/mol. The van der Waals surface area contributed by atoms with E-state index in [2.05, 4.69) is 22.3 Å². The molecule has 1 aromatic rings. The number of ether oxygens (including phenoxy) is 1. The lowest BCUT2D eigenvalue weighted by Crippen LogP contribution is -2.34. The van der Waals surface area contributed by atoms with E-state index in [0.29, 0.717) is 31.0 Å². The minimum absolute atomic E-state index is 0.0372. The first kappa shape index (κ1) is 15.6. The van der Waals surface area contributed by atoms with Crippen LogP contribution in [0.25, 0.3) is 0 Å². The highest BCUT2D eigenvalue weighted by Crippen LogP contribution is 2.39. The van der Waals surface area contributed by atoms with Gasteiger partial charge in [0.05, 0.1) is 12.2 Å². The van der Waals surface area contributed by atoms with Crippen molar-refractivity contribution >= 4 is 23.3 Å². The number of nitrogens with zero attached hydrogens (tertiary/aromatic N) is 3. The number of nitrogens with one attached hydrogen (secondary N) is 1. The van der Waals surface area contributed by atoms with Gasteiger partial charge in [0.2, 0.25) is 5.91 Å². The second-order valence-corrected chi connectivity index (χ2v) is 6.21. The van der Waals surface area contributed by atoms with Crippen LogP contribution in [0.1, 0.15) is 38.2 Å². The number of hydrazone groups is 1. The lowest BCUT2D eigenvalue weighted by atomic mass is 10.1. The number of hydrogen-bond acceptors (Lipinski definition) is 5. The molecule has 1 fully saturated rings. The van der Waals surface area contributed by atoms with Crippen molar-refractivity contribution in [2.24, 2.45) is 5.10 Å². The maximum absolute atomic E-state index is 12.1. The SMILES string of the molecule is CN1N=C(C(=O)Nc2ccc(COC3(C)CC3)cn2)CCC1=O. The highest BCUT2D eigenvalue weighted by molar-refractivity contribution is 6.43. The summed E-state index contributed by atoms with van der Waals surface area (Å²) in [5.41, 5.74) is 1.34. The van der Waals surface area contributed by atoms with Gasteiger partial charge in [-0.15, -0.1) is 0 Å². The maximum Gasteiger partial charge on any atom is 0.273 e. The third-order valence-corrected chi connectivity index (χ3v) is 4.08. The van der Waals surface area contributed by atoms with E-state index in [1.54, 1.807) is 19.3 Å². The van der Waals surface area contributed by atoms with Gasteiger partial charge >= 0.3 is 0 Å². The molecule has 122 valence electrons. The second kappa shape index (κ2) is 6.08. The molecule has 0 aromatic carbocycles. The standard InChI is InChI=1S/C16H20N4O3/c1-16(7-8-16)23-10-11-3-5-13(17-9-11)18-15(22)12-4-6-14(21)20(2)19-12/h3,5,9H,4,6-8,10H2,1-2H3,(H,17,18,22). The van der Waals surface area contributed by atoms with Crippen LogP contribution in [-0.4, -0.2) is 40.2 Å². The van der Waals surface area contributed by atoms with E-state index in [9.17, 15) is 9.59 Å². The Kier molecular flexibility index (Phi) is 4.12. The minimum Gasteiger partial charge on any atom is -0.371 e. The number of pyridine rings is 1. The first-order valence-electron chi connectivity index (χ1n) is 7.69. The van der Waals surface area contributed by atoms with Crippen molar-refractivity contribution in [3.05, 3.63) is 23.9 Å². The lowest BCUT2D eigenvalue weighted by molar-refractivity contribution is -0.130. The van der Waals surface area contributed by atoms with E-state index in [0.717, 1.165) is 18.4 Å². The summed E-state index contributed by atoms with van der Waals surface area (Å²) in [6.45, 7) is 2.62. The van der Waals surface area contributed by atoms with Crippen LogP contribution < -0.4 is 5.32 Å². The summed E-state index contributed by atoms with van der Waals surface area (Å²) < 4.78 is 5.78. The molecule has 2 amide bonds. The third-order valence-electron chi connectivity index (χ3n) is 4.08. The van der Waals surface area contributed by atoms with Crippen molar-refractivity contribution in [3.63, 3.8) is 0 Å². The van der Waals surface area contributed by atoms with Gasteiger partial charge in [-0.25, -0.2) is 9.99 Å². The van der Waals surface area contributed by atoms with Crippen LogP contribution in [-0.2, 0) is 20.9 Å². The molecule has 1 saturated carbocycles. The van der Waals surface area contributed by atoms with Crippen LogP contribution >= 0.6 is 0 Å². The van der Waals surface area contributed by atoms with Crippen molar-refractivity contribution < 1.29 is 14.3 Å². The van der Waals surface area contributed by atoms with E-state index < -0.39 is 0 Å². The number of anilines is 1. The zero-order valence-corrected chi connectivity index (χ0v) is 13.3. The van der Waals surface area contributed by atoms with Gasteiger partial charge in [0, 0.05) is 26.1 Å². The Morgan fingerprint density at radius 1 is 1.39 bits per heavy atom. The van der Waals surface area contributed by atoms with Gasteiger partial charge < -0.3 is 10.1 Å². The Hall–Kier alpha value is -2.28. The Morgan fingerprint density at radius 2 is 2.17 bits per heavy atom. The van der Waals surface area contributed by atoms with Crippen LogP contribution in [0.4, 0.5) is 5.82 Å². The van der Waals surface area contributed by atoms with Gasteiger partial charge in [0.15, 0.2) is 0 Å². The molecule has 1 aromatic heterocycles. The zero-order chi connectivity index (χ0) is 16.4. The predicted octanol–water partition coefficient (Wildman–Crippen LogP) is 1.70. The fraction of sp³-hybridized carbons (Fsp3) is 0.500. The summed E-state index contributed by atoms with van der Waals surface area (Å²) in [6, 6.07) is 3.62. The van der Waals surface area contributed by atoms with Gasteiger partial charge in [0.1, 0.15) is 11.5 Å². The summed E-state index contributed by atoms with van der Waals surface area (Å²) >= 11 is 0. The van der Waals surface area contributed by atoms with Crippen LogP contribution in [0.15, 0.2) is 23.4 Å². The summed E-state index contributed by atoms with van der Waals surface area (Å²) in [4.78, 5) is 27.7. The molecule has 2 aliphatic rings. The molecule has 0 atom stereocenters. The lowest BCUT2D eigenvalue weighted by Gasteiger charge is -2.18. The van der Waals surface area contributed by atoms with Gasteiger partial charge in [-0.3, -0.25) is 9.59 Å². The van der Waals surface area contributed by atoms with E-state index in [1.807, 2.05) is 6.07 Å². The Labute approximate surface area is 134 Å². The Morgan fingerprint density at radius 3 is 2.78 bits per heavy atom. The number of amides is 2. The third kappa shape index (κ3) is 3.92. The van der Waals surface area contributed by atoms with Crippen LogP contribution in [0.2, 0.25) is 0 Å². The molecule has 3 rings (SSSR count). The molecule has 0 bridgehead atoms. The van der Waals surface area contributed by atoms with Crippen LogP contribution in [0, 0.1) is 0 Å². The number of hydrogen-bond donors (Lipinski definition) is 1. The normalized spacial score (nSPS) is 19.3. The molecule has 0 radical (unpaired) electrons. The second-order valence-electron chi connectivity index (χ2n) is 6.21. The summed E-state index contributed by atoms with van der Waals surface area (Å²) in [5, 5.41) is 7.88. The molecule has 0 saturated heterocycles. The van der Waals surface area contributed by atoms with Gasteiger partial charge in [-0.2, -0.15) is 5.10 Å². The smallest absolute Gasteiger partial charge is 0.273 e. The number of rotatable bonds is 5. The molecule has 23 heavy (non-hydrogen) atoms. The Balaban J connectivity index is 1.56. The monoisotopic (exact) mass is 316 g/mol. The van der Waals surface area contributed by atoms with E-state index >= 15 is 0 Å². The first-order valence-corrected chi connectivity index (χ1v) is 7.69. The van der Waals surface area contributed by atoms with Gasteiger partial charge in [0.25, 0.3) is 5.91 Å². The Bertz CT molecular complexity index is 650. The quantitative estimate of drug-likeness (QED) is 0.896. The molecule has 7 heteroatoms. The number of carbonyl (C=O) groups is 2. The molecule has 0 spiro atoms. The van der Waals surface area contributed by atoms with E-state index in [-0.39, 0.29) is 17.4 Å². The summed E-state index contributed by atoms with van der Waals surface area (Å²) in [7, 11) is 1.54. The van der Waals surface area contributed by atoms with Gasteiger partial charge in [-0.05, 0) is 31.4 Å². The highest BCUT2D eigenvalue weighted by atomic mass is 16.5. The molecule has 7 nitrogen and oxygen atoms in total. The van der Waals surface area contributed by atoms with Gasteiger partial charge in [-0.1, -0.05) is 6.07 Å². The predicted molar refractivity (Wildman–Crippen MR) is 84.7 cm³/mol. The zero-order valence-electron chi connectivity index (χ0n) is 13.3. The fourth-order valence-electron chi connectivity index (χ4n) is 2.18. The molecule has 2 heterocycles. The minimum atomic E-state index is -0.327. The largest absolute Gasteiger partial charge is 0.371 e. The molecule has 0 unspecified atom stereocenters. The molecule has 1 aliphatic heterocycles. The fourth-order valence-corrected chi connectivity index (χ4v) is 2.18. The van der Waals surface area contributed by atoms with Crippen molar-refractivity contribution in [2.75, 3.05) is 12.4 Å². The van der Waals surface area contributed by atoms with Crippen LogP contribution in [0.3, 0.4) is 0 Å². The molecule has 1 N–H and O–H groups in total. The van der Waals surface area contributed by atoms with E-state index in [1.165, 1.54) is 5.01 Å². The maximum atomic E-state index is 12.1. The summed E-state index contributed by atoms with van der Waals surface area (Å²) in [5.74, 6) is 0.0402. The first-order chi connectivity index (χ1) is 11.0. The van der Waals surface area contributed by atoms with Crippen LogP contribution in [0.5, 0.6) is 0 Å². The van der Waals surface area contributed by atoms with Crippen molar-refractivity contribution in [3.8, 4) is 0 Å². The van der Waals surface area contributed by atoms with E-state index in [4.69, 9.17) is 4.74 Å². The molecular formula is C16H20N4O3. The number of aromatic nitrogens is 1. The van der Waals surface area contributed by atoms with Crippen molar-refractivity contribution in [1.29, 1.82) is 0 Å². The highest BCUT2D eigenvalue weighted by Gasteiger charge is 2.38. The average Bonchev–Trinajstić information content (AvgIpc) is 3.27. The molecule has 1 aliphatic carbocycles. The van der Waals surface area contributed by atoms with Crippen molar-refractivity contribution in [2.45, 2.75) is 44.8 Å².